The van der Waals surface area contributed by atoms with Crippen molar-refractivity contribution in [3.8, 4) is 11.5 Å². The number of aliphatic hydroxyl groups excluding tert-OH is 1. The van der Waals surface area contributed by atoms with Gasteiger partial charge in [0, 0.05) is 0 Å². The van der Waals surface area contributed by atoms with Gasteiger partial charge in [-0.3, -0.25) is 0 Å². The maximum absolute atomic E-state index is 12.0. The van der Waals surface area contributed by atoms with Gasteiger partial charge in [0.05, 0.1) is 6.10 Å². The summed E-state index contributed by atoms with van der Waals surface area (Å²) in [6.45, 7) is 0. The molecule has 0 radical (unpaired) electrons. The third-order valence-electron chi connectivity index (χ3n) is 3.26. The molecule has 0 saturated heterocycles. The highest BCUT2D eigenvalue weighted by molar-refractivity contribution is 5.31. The molecule has 1 aliphatic rings. The van der Waals surface area contributed by atoms with Gasteiger partial charge in [-0.1, -0.05) is 12.8 Å². The van der Waals surface area contributed by atoms with E-state index < -0.39 is 12.5 Å². The van der Waals surface area contributed by atoms with Crippen molar-refractivity contribution in [1.82, 2.24) is 0 Å². The van der Waals surface area contributed by atoms with Gasteiger partial charge in [0.2, 0.25) is 0 Å². The number of rotatable bonds is 3. The fourth-order valence-corrected chi connectivity index (χ4v) is 2.29. The maximum atomic E-state index is 12.0. The van der Waals surface area contributed by atoms with Crippen LogP contribution >= 0.6 is 0 Å². The molecule has 6 heteroatoms. The van der Waals surface area contributed by atoms with Gasteiger partial charge in [0.25, 0.3) is 0 Å². The largest absolute Gasteiger partial charge is 0.573 e. The molecule has 0 amide bonds. The Morgan fingerprint density at radius 1 is 0.950 bits per heavy atom. The standard InChI is InChI=1S/C14H17F3O3/c15-14(16,17)20-11-8-6-10(7-9-11)19-13-5-3-1-2-4-12(13)18/h6-9,12-13,18H,1-5H2. The Hall–Kier alpha value is -1.43. The second kappa shape index (κ2) is 6.35. The monoisotopic (exact) mass is 290 g/mol. The van der Waals surface area contributed by atoms with Crippen molar-refractivity contribution in [2.45, 2.75) is 50.7 Å². The van der Waals surface area contributed by atoms with Crippen LogP contribution in [0, 0.1) is 0 Å². The van der Waals surface area contributed by atoms with E-state index in [1.807, 2.05) is 0 Å². The van der Waals surface area contributed by atoms with Crippen LogP contribution in [0.25, 0.3) is 0 Å². The van der Waals surface area contributed by atoms with Gasteiger partial charge < -0.3 is 14.6 Å². The van der Waals surface area contributed by atoms with E-state index in [9.17, 15) is 18.3 Å². The normalized spacial score (nSPS) is 24.0. The quantitative estimate of drug-likeness (QED) is 0.863. The average Bonchev–Trinajstić information content (AvgIpc) is 2.56. The van der Waals surface area contributed by atoms with E-state index in [0.29, 0.717) is 12.2 Å². The van der Waals surface area contributed by atoms with Crippen LogP contribution in [-0.4, -0.2) is 23.7 Å². The van der Waals surface area contributed by atoms with E-state index in [-0.39, 0.29) is 11.9 Å². The smallest absolute Gasteiger partial charge is 0.488 e. The molecule has 1 N–H and O–H groups in total. The summed E-state index contributed by atoms with van der Waals surface area (Å²) in [4.78, 5) is 0. The lowest BCUT2D eigenvalue weighted by molar-refractivity contribution is -0.274. The van der Waals surface area contributed by atoms with E-state index in [2.05, 4.69) is 4.74 Å². The second-order valence-electron chi connectivity index (χ2n) is 4.88. The summed E-state index contributed by atoms with van der Waals surface area (Å²) in [6.07, 6.45) is -1.05. The van der Waals surface area contributed by atoms with Crippen LogP contribution in [-0.2, 0) is 0 Å². The summed E-state index contributed by atoms with van der Waals surface area (Å²) in [6, 6.07) is 5.23. The first-order valence-electron chi connectivity index (χ1n) is 6.64. The Balaban J connectivity index is 1.96. The first-order chi connectivity index (χ1) is 9.44. The molecule has 20 heavy (non-hydrogen) atoms. The molecule has 1 aliphatic carbocycles. The van der Waals surface area contributed by atoms with Crippen molar-refractivity contribution in [2.75, 3.05) is 0 Å². The summed E-state index contributed by atoms with van der Waals surface area (Å²) < 4.78 is 45.5. The van der Waals surface area contributed by atoms with Crippen LogP contribution < -0.4 is 9.47 Å². The minimum Gasteiger partial charge on any atom is -0.488 e. The van der Waals surface area contributed by atoms with Crippen molar-refractivity contribution in [1.29, 1.82) is 0 Å². The number of alkyl halides is 3. The molecule has 0 aliphatic heterocycles. The molecule has 2 rings (SSSR count). The zero-order valence-electron chi connectivity index (χ0n) is 10.9. The number of aliphatic hydroxyl groups is 1. The molecule has 1 saturated carbocycles. The van der Waals surface area contributed by atoms with Gasteiger partial charge in [-0.15, -0.1) is 13.2 Å². The molecular weight excluding hydrogens is 273 g/mol. The van der Waals surface area contributed by atoms with Crippen molar-refractivity contribution >= 4 is 0 Å². The summed E-state index contributed by atoms with van der Waals surface area (Å²) in [5.74, 6) is 0.150. The molecule has 2 unspecified atom stereocenters. The molecule has 3 nitrogen and oxygen atoms in total. The van der Waals surface area contributed by atoms with Gasteiger partial charge in [-0.05, 0) is 43.5 Å². The van der Waals surface area contributed by atoms with Crippen LogP contribution in [0.15, 0.2) is 24.3 Å². The summed E-state index contributed by atoms with van der Waals surface area (Å²) in [7, 11) is 0. The topological polar surface area (TPSA) is 38.7 Å². The zero-order valence-corrected chi connectivity index (χ0v) is 10.9. The lowest BCUT2D eigenvalue weighted by atomic mass is 10.1. The highest BCUT2D eigenvalue weighted by Gasteiger charge is 2.31. The summed E-state index contributed by atoms with van der Waals surface area (Å²) >= 11 is 0. The van der Waals surface area contributed by atoms with Crippen LogP contribution in [0.4, 0.5) is 13.2 Å². The molecule has 2 atom stereocenters. The van der Waals surface area contributed by atoms with Gasteiger partial charge >= 0.3 is 6.36 Å². The number of ether oxygens (including phenoxy) is 2. The number of hydrogen-bond acceptors (Lipinski definition) is 3. The third-order valence-corrected chi connectivity index (χ3v) is 3.26. The van der Waals surface area contributed by atoms with Crippen LogP contribution in [0.5, 0.6) is 11.5 Å². The average molecular weight is 290 g/mol. The van der Waals surface area contributed by atoms with E-state index in [0.717, 1.165) is 25.7 Å². The van der Waals surface area contributed by atoms with Crippen molar-refractivity contribution in [3.05, 3.63) is 24.3 Å². The number of benzene rings is 1. The van der Waals surface area contributed by atoms with Crippen LogP contribution in [0.3, 0.4) is 0 Å². The Bertz CT molecular complexity index is 417. The highest BCUT2D eigenvalue weighted by Crippen LogP contribution is 2.27. The molecule has 0 bridgehead atoms. The summed E-state index contributed by atoms with van der Waals surface area (Å²) in [5, 5.41) is 9.92. The van der Waals surface area contributed by atoms with Crippen molar-refractivity contribution in [2.24, 2.45) is 0 Å². The predicted molar refractivity (Wildman–Crippen MR) is 66.6 cm³/mol. The van der Waals surface area contributed by atoms with Crippen molar-refractivity contribution in [3.63, 3.8) is 0 Å². The van der Waals surface area contributed by atoms with Gasteiger partial charge in [0.1, 0.15) is 17.6 Å². The molecule has 0 heterocycles. The van der Waals surface area contributed by atoms with Gasteiger partial charge in [-0.25, -0.2) is 0 Å². The minimum absolute atomic E-state index is 0.286. The molecule has 112 valence electrons. The fraction of sp³-hybridized carbons (Fsp3) is 0.571. The number of halogens is 3. The SMILES string of the molecule is OC1CCCCCC1Oc1ccc(OC(F)(F)F)cc1. The molecule has 1 aromatic carbocycles. The van der Waals surface area contributed by atoms with Crippen LogP contribution in [0.1, 0.15) is 32.1 Å². The first-order valence-corrected chi connectivity index (χ1v) is 6.64. The Kier molecular flexibility index (Phi) is 4.75. The highest BCUT2D eigenvalue weighted by atomic mass is 19.4. The fourth-order valence-electron chi connectivity index (χ4n) is 2.29. The lowest BCUT2D eigenvalue weighted by Crippen LogP contribution is -2.30. The van der Waals surface area contributed by atoms with E-state index in [1.54, 1.807) is 0 Å². The van der Waals surface area contributed by atoms with E-state index in [4.69, 9.17) is 4.74 Å². The van der Waals surface area contributed by atoms with Gasteiger partial charge in [0.15, 0.2) is 0 Å². The zero-order chi connectivity index (χ0) is 14.6. The minimum atomic E-state index is -4.69. The molecule has 1 aromatic rings. The molecule has 0 aromatic heterocycles. The lowest BCUT2D eigenvalue weighted by Gasteiger charge is -2.22. The maximum Gasteiger partial charge on any atom is 0.573 e. The Morgan fingerprint density at radius 2 is 1.55 bits per heavy atom. The second-order valence-corrected chi connectivity index (χ2v) is 4.88. The molecule has 0 spiro atoms. The molecule has 1 fully saturated rings. The van der Waals surface area contributed by atoms with Crippen molar-refractivity contribution < 1.29 is 27.8 Å². The first kappa shape index (κ1) is 15.0. The van der Waals surface area contributed by atoms with Crippen LogP contribution in [0.2, 0.25) is 0 Å². The Labute approximate surface area is 115 Å². The van der Waals surface area contributed by atoms with E-state index in [1.165, 1.54) is 24.3 Å². The van der Waals surface area contributed by atoms with Gasteiger partial charge in [-0.2, -0.15) is 0 Å². The predicted octanol–water partition coefficient (Wildman–Crippen LogP) is 3.66. The Morgan fingerprint density at radius 3 is 2.20 bits per heavy atom. The van der Waals surface area contributed by atoms with E-state index >= 15 is 0 Å². The molecular formula is C14H17F3O3. The number of hydrogen-bond donors (Lipinski definition) is 1. The third kappa shape index (κ3) is 4.59. The summed E-state index contributed by atoms with van der Waals surface area (Å²) in [5.41, 5.74) is 0.